The lowest BCUT2D eigenvalue weighted by Crippen LogP contribution is -2.59. The number of aromatic amines is 1. The Kier molecular flexibility index (Phi) is 7.19. The van der Waals surface area contributed by atoms with Gasteiger partial charge < -0.3 is 24.3 Å². The van der Waals surface area contributed by atoms with Gasteiger partial charge in [-0.2, -0.15) is 8.42 Å². The Bertz CT molecular complexity index is 1460. The van der Waals surface area contributed by atoms with Crippen LogP contribution in [0.5, 0.6) is 0 Å². The van der Waals surface area contributed by atoms with Crippen molar-refractivity contribution in [3.63, 3.8) is 0 Å². The van der Waals surface area contributed by atoms with Crippen LogP contribution in [0.25, 0.3) is 11.2 Å². The summed E-state index contributed by atoms with van der Waals surface area (Å²) in [6.07, 6.45) is -0.210. The largest absolute Gasteiger partial charge is 0.414 e. The summed E-state index contributed by atoms with van der Waals surface area (Å²) in [4.78, 5) is 23.5. The van der Waals surface area contributed by atoms with Crippen molar-refractivity contribution >= 4 is 37.9 Å². The molecule has 4 heterocycles. The van der Waals surface area contributed by atoms with E-state index in [1.165, 1.54) is 12.7 Å². The molecule has 2 aliphatic heterocycles. The van der Waals surface area contributed by atoms with Crippen molar-refractivity contribution in [2.24, 2.45) is 5.73 Å². The fourth-order valence-electron chi connectivity index (χ4n) is 4.26. The number of nitrogens with one attached hydrogen (secondary N) is 1. The predicted octanol–water partition coefficient (Wildman–Crippen LogP) is 3.33. The molecule has 0 radical (unpaired) electrons. The van der Waals surface area contributed by atoms with Crippen LogP contribution < -0.4 is 11.3 Å². The average Bonchev–Trinajstić information content (AvgIpc) is 3.38. The molecule has 0 bridgehead atoms. The number of fused-ring (bicyclic) bond motifs is 1. The smallest absolute Gasteiger partial charge is 0.292 e. The number of imidazole rings is 1. The van der Waals surface area contributed by atoms with Crippen molar-refractivity contribution in [1.29, 1.82) is 0 Å². The predicted molar refractivity (Wildman–Crippen MR) is 152 cm³/mol. The topological polar surface area (TPSA) is 161 Å². The first-order chi connectivity index (χ1) is 17.6. The molecule has 12 nitrogen and oxygen atoms in total. The molecular weight excluding hydrogens is 559 g/mol. The molecule has 0 unspecified atom stereocenters. The van der Waals surface area contributed by atoms with Gasteiger partial charge in [0, 0.05) is 0 Å². The minimum Gasteiger partial charge on any atom is -0.414 e. The summed E-state index contributed by atoms with van der Waals surface area (Å²) in [5.41, 5.74) is 4.76. The molecular formula is C24H41N5O7SSi2. The van der Waals surface area contributed by atoms with E-state index >= 15 is 0 Å². The Labute approximate surface area is 231 Å². The van der Waals surface area contributed by atoms with Crippen molar-refractivity contribution in [3.8, 4) is 0 Å². The number of nitrogens with zero attached hydrogens (tertiary/aromatic N) is 3. The van der Waals surface area contributed by atoms with Gasteiger partial charge in [-0.3, -0.25) is 9.36 Å². The van der Waals surface area contributed by atoms with Gasteiger partial charge in [0.2, 0.25) is 0 Å². The van der Waals surface area contributed by atoms with Crippen LogP contribution in [0, 0.1) is 0 Å². The lowest BCUT2D eigenvalue weighted by Gasteiger charge is -2.43. The monoisotopic (exact) mass is 599 g/mol. The zero-order chi connectivity index (χ0) is 29.4. The lowest BCUT2D eigenvalue weighted by molar-refractivity contribution is -0.0535. The summed E-state index contributed by atoms with van der Waals surface area (Å²) < 4.78 is 53.2. The normalized spacial score (nSPS) is 27.9. The Balaban J connectivity index is 1.90. The van der Waals surface area contributed by atoms with Gasteiger partial charge in [-0.1, -0.05) is 41.5 Å². The first kappa shape index (κ1) is 30.1. The number of H-pyrrole nitrogens is 1. The maximum absolute atomic E-state index is 12.9. The van der Waals surface area contributed by atoms with Crippen LogP contribution in [0.2, 0.25) is 36.3 Å². The first-order valence-electron chi connectivity index (χ1n) is 12.9. The molecule has 4 atom stereocenters. The second-order valence-electron chi connectivity index (χ2n) is 13.4. The van der Waals surface area contributed by atoms with Gasteiger partial charge in [0.25, 0.3) is 15.7 Å². The highest BCUT2D eigenvalue weighted by atomic mass is 32.2. The fourth-order valence-corrected chi connectivity index (χ4v) is 7.77. The molecule has 0 aliphatic carbocycles. The highest BCUT2D eigenvalue weighted by molar-refractivity contribution is 7.90. The lowest BCUT2D eigenvalue weighted by atomic mass is 9.89. The van der Waals surface area contributed by atoms with E-state index in [4.69, 9.17) is 23.5 Å². The summed E-state index contributed by atoms with van der Waals surface area (Å²) in [6, 6.07) is 0. The number of aromatic nitrogens is 4. The maximum atomic E-state index is 12.9. The van der Waals surface area contributed by atoms with Crippen LogP contribution >= 0.6 is 0 Å². The van der Waals surface area contributed by atoms with Gasteiger partial charge >= 0.3 is 0 Å². The average molecular weight is 600 g/mol. The summed E-state index contributed by atoms with van der Waals surface area (Å²) >= 11 is 0. The van der Waals surface area contributed by atoms with Crippen LogP contribution in [0.3, 0.4) is 0 Å². The summed E-state index contributed by atoms with van der Waals surface area (Å²) in [5.74, 6) is 0. The highest BCUT2D eigenvalue weighted by Gasteiger charge is 2.67. The van der Waals surface area contributed by atoms with Gasteiger partial charge in [0.15, 0.2) is 39.6 Å². The zero-order valence-corrected chi connectivity index (χ0v) is 27.2. The van der Waals surface area contributed by atoms with Crippen molar-refractivity contribution in [2.45, 2.75) is 102 Å². The van der Waals surface area contributed by atoms with Crippen molar-refractivity contribution in [1.82, 2.24) is 19.5 Å². The molecule has 0 saturated carbocycles. The van der Waals surface area contributed by atoms with Gasteiger partial charge in [0.1, 0.15) is 12.2 Å². The van der Waals surface area contributed by atoms with Crippen LogP contribution in [0.15, 0.2) is 28.6 Å². The third-order valence-electron chi connectivity index (χ3n) is 8.71. The molecule has 2 aliphatic rings. The van der Waals surface area contributed by atoms with E-state index < -0.39 is 56.3 Å². The second kappa shape index (κ2) is 9.32. The number of rotatable bonds is 6. The molecule has 1 fully saturated rings. The molecule has 15 heteroatoms. The van der Waals surface area contributed by atoms with Crippen LogP contribution in [0.1, 0.15) is 47.8 Å². The van der Waals surface area contributed by atoms with Crippen LogP contribution in [-0.2, 0) is 27.9 Å². The minimum absolute atomic E-state index is 0.0206. The van der Waals surface area contributed by atoms with Gasteiger partial charge in [-0.05, 0) is 36.3 Å². The van der Waals surface area contributed by atoms with Crippen LogP contribution in [0.4, 0.5) is 0 Å². The number of nitrogens with two attached hydrogens (primary N) is 1. The number of ether oxygens (including phenoxy) is 1. The van der Waals surface area contributed by atoms with E-state index in [0.29, 0.717) is 0 Å². The fraction of sp³-hybridized carbons (Fsp3) is 0.708. The third-order valence-corrected chi connectivity index (χ3v) is 18.7. The Hall–Kier alpha value is -1.89. The van der Waals surface area contributed by atoms with Gasteiger partial charge in [-0.25, -0.2) is 14.2 Å². The maximum Gasteiger partial charge on any atom is 0.292 e. The summed E-state index contributed by atoms with van der Waals surface area (Å²) in [6.45, 7) is 20.9. The molecule has 3 N–H and O–H groups in total. The molecule has 1 saturated heterocycles. The minimum atomic E-state index is -4.14. The number of hydrogen-bond donors (Lipinski definition) is 2. The molecule has 4 rings (SSSR count). The van der Waals surface area contributed by atoms with E-state index in [1.807, 2.05) is 0 Å². The Morgan fingerprint density at radius 3 is 2.26 bits per heavy atom. The highest BCUT2D eigenvalue weighted by Crippen LogP contribution is 2.52. The van der Waals surface area contributed by atoms with Crippen LogP contribution in [-0.4, -0.2) is 69.0 Å². The van der Waals surface area contributed by atoms with Crippen molar-refractivity contribution in [3.05, 3.63) is 34.1 Å². The molecule has 2 aromatic rings. The van der Waals surface area contributed by atoms with Gasteiger partial charge in [-0.15, -0.1) is 0 Å². The molecule has 218 valence electrons. The summed E-state index contributed by atoms with van der Waals surface area (Å²) in [7, 11) is -9.01. The molecule has 1 spiro atoms. The van der Waals surface area contributed by atoms with E-state index in [0.717, 1.165) is 5.41 Å². The SMILES string of the molecule is CC(C)(C)[Si](C)(C)OC[C@H]1O[C@@H](n2cnc3c(=O)[nH]cnc32)[C@H](O[Si](C)(C)C(C)(C)C)[C@]12OS(=O)(=O)C=C2N. The Morgan fingerprint density at radius 1 is 1.10 bits per heavy atom. The molecule has 2 aromatic heterocycles. The standard InChI is InChI=1S/C24H41N5O7SSi2/c1-22(2,3)38(7,8)33-11-16-24(15(25)12-37(31,32)36-24)18(35-39(9,10)23(4,5)6)21(34-16)29-14-28-17-19(29)26-13-27-20(17)30/h12-14,16,18,21H,11,25H2,1-10H3,(H,26,27,30)/t16-,18+,21-,24-/m1/s1. The Morgan fingerprint density at radius 2 is 1.72 bits per heavy atom. The van der Waals surface area contributed by atoms with Gasteiger partial charge in [0.05, 0.1) is 30.4 Å². The van der Waals surface area contributed by atoms with Crippen molar-refractivity contribution in [2.75, 3.05) is 6.61 Å². The zero-order valence-electron chi connectivity index (χ0n) is 24.4. The van der Waals surface area contributed by atoms with E-state index in [1.54, 1.807) is 4.57 Å². The van der Waals surface area contributed by atoms with E-state index in [9.17, 15) is 13.2 Å². The molecule has 39 heavy (non-hydrogen) atoms. The molecule has 0 amide bonds. The quantitative estimate of drug-likeness (QED) is 0.372. The van der Waals surface area contributed by atoms with E-state index in [-0.39, 0.29) is 33.5 Å². The molecule has 0 aromatic carbocycles. The summed E-state index contributed by atoms with van der Waals surface area (Å²) in [5, 5.41) is 0.580. The first-order valence-corrected chi connectivity index (χ1v) is 20.2. The third kappa shape index (κ3) is 5.06. The second-order valence-corrected chi connectivity index (χ2v) is 24.3. The van der Waals surface area contributed by atoms with E-state index in [2.05, 4.69) is 82.7 Å². The van der Waals surface area contributed by atoms with Crippen molar-refractivity contribution < 1.29 is 26.2 Å². The number of hydrogen-bond acceptors (Lipinski definition) is 10.